The average Bonchev–Trinajstić information content (AvgIpc) is 2.85. The number of carbonyl (C=O) groups is 1. The van der Waals surface area contributed by atoms with Gasteiger partial charge in [0.1, 0.15) is 0 Å². The standard InChI is InChI=1S/C17H14O5/c1-20-13-5-3-4-11-16(19)15(22-17(11)13)9-10-6-7-12(18)14(8-10)21-2/h3-9,18H,1-2H3/b15-9-. The second-order valence-electron chi connectivity index (χ2n) is 4.71. The predicted octanol–water partition coefficient (Wildman–Crippen LogP) is 3.03. The smallest absolute Gasteiger partial charge is 0.232 e. The summed E-state index contributed by atoms with van der Waals surface area (Å²) in [5, 5.41) is 9.60. The number of aromatic hydroxyl groups is 1. The Balaban J connectivity index is 1.99. The van der Waals surface area contributed by atoms with Crippen LogP contribution in [0.2, 0.25) is 0 Å². The summed E-state index contributed by atoms with van der Waals surface area (Å²) in [5.41, 5.74) is 1.15. The molecule has 0 radical (unpaired) electrons. The topological polar surface area (TPSA) is 65.0 Å². The number of methoxy groups -OCH3 is 2. The summed E-state index contributed by atoms with van der Waals surface area (Å²) >= 11 is 0. The first kappa shape index (κ1) is 14.0. The van der Waals surface area contributed by atoms with Gasteiger partial charge in [-0.1, -0.05) is 12.1 Å². The molecule has 2 aromatic carbocycles. The van der Waals surface area contributed by atoms with Crippen molar-refractivity contribution in [3.05, 3.63) is 53.3 Å². The first-order chi connectivity index (χ1) is 10.6. The molecule has 1 aliphatic rings. The highest BCUT2D eigenvalue weighted by molar-refractivity contribution is 6.15. The fourth-order valence-corrected chi connectivity index (χ4v) is 2.28. The van der Waals surface area contributed by atoms with Crippen LogP contribution in [-0.2, 0) is 0 Å². The molecule has 3 rings (SSSR count). The van der Waals surface area contributed by atoms with Gasteiger partial charge in [0.2, 0.25) is 5.78 Å². The first-order valence-electron chi connectivity index (χ1n) is 6.62. The molecular weight excluding hydrogens is 284 g/mol. The van der Waals surface area contributed by atoms with Gasteiger partial charge in [-0.3, -0.25) is 4.79 Å². The molecule has 1 N–H and O–H groups in total. The number of hydrogen-bond donors (Lipinski definition) is 1. The van der Waals surface area contributed by atoms with Crippen molar-refractivity contribution in [2.45, 2.75) is 0 Å². The average molecular weight is 298 g/mol. The van der Waals surface area contributed by atoms with E-state index in [2.05, 4.69) is 0 Å². The molecule has 0 spiro atoms. The Hall–Kier alpha value is -2.95. The predicted molar refractivity (Wildman–Crippen MR) is 80.6 cm³/mol. The van der Waals surface area contributed by atoms with Crippen LogP contribution in [0.25, 0.3) is 6.08 Å². The number of allylic oxidation sites excluding steroid dienone is 1. The molecule has 0 atom stereocenters. The molecule has 0 aliphatic carbocycles. The molecule has 2 aromatic rings. The van der Waals surface area contributed by atoms with E-state index < -0.39 is 0 Å². The molecule has 0 amide bonds. The van der Waals surface area contributed by atoms with Gasteiger partial charge in [0, 0.05) is 0 Å². The zero-order valence-corrected chi connectivity index (χ0v) is 12.1. The number of fused-ring (bicyclic) bond motifs is 1. The zero-order valence-electron chi connectivity index (χ0n) is 12.1. The van der Waals surface area contributed by atoms with Gasteiger partial charge in [-0.25, -0.2) is 0 Å². The molecule has 22 heavy (non-hydrogen) atoms. The van der Waals surface area contributed by atoms with Gasteiger partial charge in [-0.2, -0.15) is 0 Å². The van der Waals surface area contributed by atoms with Crippen LogP contribution in [-0.4, -0.2) is 25.1 Å². The van der Waals surface area contributed by atoms with Crippen molar-refractivity contribution in [3.63, 3.8) is 0 Å². The maximum absolute atomic E-state index is 12.4. The molecular formula is C17H14O5. The molecule has 1 aliphatic heterocycles. The van der Waals surface area contributed by atoms with Crippen molar-refractivity contribution in [1.29, 1.82) is 0 Å². The fourth-order valence-electron chi connectivity index (χ4n) is 2.28. The van der Waals surface area contributed by atoms with Crippen LogP contribution in [0, 0.1) is 0 Å². The number of Topliss-reactive ketones (excluding diaryl/α,β-unsaturated/α-hetero) is 1. The van der Waals surface area contributed by atoms with Gasteiger partial charge in [-0.05, 0) is 35.9 Å². The van der Waals surface area contributed by atoms with Crippen LogP contribution in [0.5, 0.6) is 23.0 Å². The summed E-state index contributed by atoms with van der Waals surface area (Å²) in [5.74, 6) is 1.29. The SMILES string of the molecule is COc1cc(/C=C2\Oc3c(OC)cccc3C2=O)ccc1O. The molecule has 5 nitrogen and oxygen atoms in total. The third-order valence-electron chi connectivity index (χ3n) is 3.38. The highest BCUT2D eigenvalue weighted by atomic mass is 16.5. The van der Waals surface area contributed by atoms with Crippen molar-refractivity contribution < 1.29 is 24.1 Å². The molecule has 5 heteroatoms. The number of para-hydroxylation sites is 1. The molecule has 1 heterocycles. The summed E-state index contributed by atoms with van der Waals surface area (Å²) < 4.78 is 15.9. The van der Waals surface area contributed by atoms with E-state index in [4.69, 9.17) is 14.2 Å². The van der Waals surface area contributed by atoms with Crippen molar-refractivity contribution >= 4 is 11.9 Å². The quantitative estimate of drug-likeness (QED) is 0.882. The lowest BCUT2D eigenvalue weighted by Crippen LogP contribution is -1.98. The van der Waals surface area contributed by atoms with Gasteiger partial charge >= 0.3 is 0 Å². The summed E-state index contributed by atoms with van der Waals surface area (Å²) in [6.07, 6.45) is 1.60. The lowest BCUT2D eigenvalue weighted by Gasteiger charge is -2.05. The number of phenolic OH excluding ortho intramolecular Hbond substituents is 1. The minimum absolute atomic E-state index is 0.0354. The normalized spacial score (nSPS) is 14.6. The van der Waals surface area contributed by atoms with Gasteiger partial charge in [0.05, 0.1) is 19.8 Å². The molecule has 0 fully saturated rings. The highest BCUT2D eigenvalue weighted by Crippen LogP contribution is 2.39. The van der Waals surface area contributed by atoms with Crippen LogP contribution >= 0.6 is 0 Å². The van der Waals surface area contributed by atoms with E-state index in [-0.39, 0.29) is 17.3 Å². The lowest BCUT2D eigenvalue weighted by molar-refractivity contribution is 0.101. The number of phenols is 1. The van der Waals surface area contributed by atoms with E-state index in [1.165, 1.54) is 20.3 Å². The minimum atomic E-state index is -0.207. The van der Waals surface area contributed by atoms with Crippen LogP contribution in [0.3, 0.4) is 0 Å². The third kappa shape index (κ3) is 2.26. The van der Waals surface area contributed by atoms with Crippen LogP contribution in [0.15, 0.2) is 42.2 Å². The summed E-state index contributed by atoms with van der Waals surface area (Å²) in [4.78, 5) is 12.4. The maximum atomic E-state index is 12.4. The minimum Gasteiger partial charge on any atom is -0.504 e. The number of carbonyl (C=O) groups excluding carboxylic acids is 1. The van der Waals surface area contributed by atoms with Gasteiger partial charge in [-0.15, -0.1) is 0 Å². The van der Waals surface area contributed by atoms with Crippen molar-refractivity contribution in [1.82, 2.24) is 0 Å². The summed E-state index contributed by atoms with van der Waals surface area (Å²) in [7, 11) is 2.99. The van der Waals surface area contributed by atoms with Crippen molar-refractivity contribution in [2.75, 3.05) is 14.2 Å². The molecule has 0 aromatic heterocycles. The molecule has 0 bridgehead atoms. The molecule has 0 saturated carbocycles. The second-order valence-corrected chi connectivity index (χ2v) is 4.71. The summed E-state index contributed by atoms with van der Waals surface area (Å²) in [6, 6.07) is 9.96. The third-order valence-corrected chi connectivity index (χ3v) is 3.38. The van der Waals surface area contributed by atoms with E-state index in [0.717, 1.165) is 0 Å². The van der Waals surface area contributed by atoms with Crippen molar-refractivity contribution in [3.8, 4) is 23.0 Å². The second kappa shape index (κ2) is 5.44. The maximum Gasteiger partial charge on any atom is 0.232 e. The van der Waals surface area contributed by atoms with E-state index in [9.17, 15) is 9.90 Å². The monoisotopic (exact) mass is 298 g/mol. The first-order valence-corrected chi connectivity index (χ1v) is 6.62. The van der Waals surface area contributed by atoms with E-state index in [1.54, 1.807) is 36.4 Å². The van der Waals surface area contributed by atoms with Crippen molar-refractivity contribution in [2.24, 2.45) is 0 Å². The zero-order chi connectivity index (χ0) is 15.7. The Bertz CT molecular complexity index is 777. The van der Waals surface area contributed by atoms with Gasteiger partial charge < -0.3 is 19.3 Å². The fraction of sp³-hybridized carbons (Fsp3) is 0.118. The van der Waals surface area contributed by atoms with Crippen LogP contribution in [0.4, 0.5) is 0 Å². The largest absolute Gasteiger partial charge is 0.504 e. The van der Waals surface area contributed by atoms with E-state index in [1.807, 2.05) is 0 Å². The number of ketones is 1. The number of hydrogen-bond acceptors (Lipinski definition) is 5. The highest BCUT2D eigenvalue weighted by Gasteiger charge is 2.30. The molecule has 112 valence electrons. The van der Waals surface area contributed by atoms with Gasteiger partial charge in [0.15, 0.2) is 28.8 Å². The van der Waals surface area contributed by atoms with E-state index in [0.29, 0.717) is 28.4 Å². The van der Waals surface area contributed by atoms with Crippen LogP contribution < -0.4 is 14.2 Å². The molecule has 0 saturated heterocycles. The Labute approximate surface area is 127 Å². The Morgan fingerprint density at radius 3 is 2.59 bits per heavy atom. The molecule has 0 unspecified atom stereocenters. The number of benzene rings is 2. The Morgan fingerprint density at radius 2 is 1.86 bits per heavy atom. The number of ether oxygens (including phenoxy) is 3. The number of rotatable bonds is 3. The Morgan fingerprint density at radius 1 is 1.09 bits per heavy atom. The van der Waals surface area contributed by atoms with Crippen LogP contribution in [0.1, 0.15) is 15.9 Å². The Kier molecular flexibility index (Phi) is 3.47. The van der Waals surface area contributed by atoms with Gasteiger partial charge in [0.25, 0.3) is 0 Å². The van der Waals surface area contributed by atoms with E-state index >= 15 is 0 Å². The lowest BCUT2D eigenvalue weighted by atomic mass is 10.1. The summed E-state index contributed by atoms with van der Waals surface area (Å²) in [6.45, 7) is 0.